The van der Waals surface area contributed by atoms with Gasteiger partial charge in [0.05, 0.1) is 0 Å². The van der Waals surface area contributed by atoms with Gasteiger partial charge in [0, 0.05) is 24.7 Å². The molecule has 0 saturated carbocycles. The molecular weight excluding hydrogens is 267 g/mol. The number of rotatable bonds is 6. The van der Waals surface area contributed by atoms with Gasteiger partial charge in [-0.05, 0) is 50.4 Å². The van der Waals surface area contributed by atoms with Crippen LogP contribution in [0.2, 0.25) is 0 Å². The van der Waals surface area contributed by atoms with Gasteiger partial charge in [0.25, 0.3) is 5.91 Å². The normalized spacial score (nSPS) is 18.0. The molecule has 2 rings (SSSR count). The Kier molecular flexibility index (Phi) is 5.74. The van der Waals surface area contributed by atoms with E-state index in [1.165, 1.54) is 12.5 Å². The monoisotopic (exact) mass is 292 g/mol. The summed E-state index contributed by atoms with van der Waals surface area (Å²) in [6.45, 7) is 6.31. The summed E-state index contributed by atoms with van der Waals surface area (Å²) in [7, 11) is 0. The molecule has 4 heteroatoms. The minimum absolute atomic E-state index is 0.0592. The maximum Gasteiger partial charge on any atom is 0.254 e. The average Bonchev–Trinajstić information content (AvgIpc) is 2.98. The molecule has 0 aliphatic carbocycles. The highest BCUT2D eigenvalue weighted by Crippen LogP contribution is 2.14. The number of halogens is 1. The number of amides is 1. The summed E-state index contributed by atoms with van der Waals surface area (Å²) in [5, 5.41) is 3.42. The Morgan fingerprint density at radius 1 is 1.48 bits per heavy atom. The van der Waals surface area contributed by atoms with E-state index in [0.717, 1.165) is 32.4 Å². The number of nitrogens with one attached hydrogen (secondary N) is 1. The lowest BCUT2D eigenvalue weighted by Gasteiger charge is -2.26. The number of carbonyl (C=O) groups excluding carboxylic acids is 1. The molecule has 0 bridgehead atoms. The zero-order chi connectivity index (χ0) is 15.2. The first kappa shape index (κ1) is 16.0. The summed E-state index contributed by atoms with van der Waals surface area (Å²) in [5.41, 5.74) is 1.02. The zero-order valence-electron chi connectivity index (χ0n) is 13.0. The van der Waals surface area contributed by atoms with E-state index in [-0.39, 0.29) is 11.7 Å². The highest BCUT2D eigenvalue weighted by molar-refractivity contribution is 5.94. The largest absolute Gasteiger partial charge is 0.337 e. The van der Waals surface area contributed by atoms with Gasteiger partial charge in [0.15, 0.2) is 0 Å². The molecule has 3 nitrogen and oxygen atoms in total. The number of unbranched alkanes of at least 4 members (excludes halogenated alkanes) is 1. The van der Waals surface area contributed by atoms with Crippen LogP contribution in [0.15, 0.2) is 18.2 Å². The minimum atomic E-state index is -0.310. The number of nitrogens with zero attached hydrogens (tertiary/aromatic N) is 1. The molecule has 0 radical (unpaired) electrons. The molecule has 1 fully saturated rings. The van der Waals surface area contributed by atoms with Crippen LogP contribution in [-0.2, 0) is 0 Å². The van der Waals surface area contributed by atoms with Gasteiger partial charge in [-0.25, -0.2) is 4.39 Å². The predicted molar refractivity (Wildman–Crippen MR) is 83.0 cm³/mol. The molecule has 1 saturated heterocycles. The van der Waals surface area contributed by atoms with Crippen molar-refractivity contribution in [3.8, 4) is 0 Å². The van der Waals surface area contributed by atoms with Crippen molar-refractivity contribution in [3.05, 3.63) is 35.1 Å². The van der Waals surface area contributed by atoms with Crippen molar-refractivity contribution in [2.75, 3.05) is 19.6 Å². The standard InChI is InChI=1S/C17H25FN2O/c1-3-4-10-20(12-15-6-5-9-19-15)17(21)14-8-7-13(2)16(18)11-14/h7-8,11,15,19H,3-6,9-10,12H2,1-2H3. The van der Waals surface area contributed by atoms with Crippen molar-refractivity contribution >= 4 is 5.91 Å². The summed E-state index contributed by atoms with van der Waals surface area (Å²) < 4.78 is 13.7. The van der Waals surface area contributed by atoms with Gasteiger partial charge in [0.2, 0.25) is 0 Å². The van der Waals surface area contributed by atoms with E-state index in [0.29, 0.717) is 23.7 Å². The second kappa shape index (κ2) is 7.55. The average molecular weight is 292 g/mol. The van der Waals surface area contributed by atoms with Crippen LogP contribution in [0.4, 0.5) is 4.39 Å². The van der Waals surface area contributed by atoms with Crippen LogP contribution in [0.25, 0.3) is 0 Å². The van der Waals surface area contributed by atoms with Gasteiger partial charge in [-0.15, -0.1) is 0 Å². The molecule has 1 atom stereocenters. The number of hydrogen-bond donors (Lipinski definition) is 1. The SMILES string of the molecule is CCCCN(CC1CCCN1)C(=O)c1ccc(C)c(F)c1. The van der Waals surface area contributed by atoms with E-state index in [9.17, 15) is 9.18 Å². The van der Waals surface area contributed by atoms with E-state index < -0.39 is 0 Å². The fourth-order valence-corrected chi connectivity index (χ4v) is 2.71. The van der Waals surface area contributed by atoms with Crippen LogP contribution in [-0.4, -0.2) is 36.5 Å². The molecule has 1 aromatic carbocycles. The Balaban J connectivity index is 2.09. The lowest BCUT2D eigenvalue weighted by molar-refractivity contribution is 0.0739. The summed E-state index contributed by atoms with van der Waals surface area (Å²) in [6.07, 6.45) is 4.30. The number of benzene rings is 1. The molecule has 1 N–H and O–H groups in total. The van der Waals surface area contributed by atoms with Crippen molar-refractivity contribution < 1.29 is 9.18 Å². The molecule has 1 aliphatic rings. The van der Waals surface area contributed by atoms with E-state index in [2.05, 4.69) is 12.2 Å². The maximum atomic E-state index is 13.7. The van der Waals surface area contributed by atoms with Gasteiger partial charge in [-0.3, -0.25) is 4.79 Å². The molecule has 116 valence electrons. The highest BCUT2D eigenvalue weighted by atomic mass is 19.1. The predicted octanol–water partition coefficient (Wildman–Crippen LogP) is 3.13. The van der Waals surface area contributed by atoms with Crippen LogP contribution in [0.1, 0.15) is 48.5 Å². The minimum Gasteiger partial charge on any atom is -0.337 e. The summed E-state index contributed by atoms with van der Waals surface area (Å²) in [5.74, 6) is -0.369. The third-order valence-electron chi connectivity index (χ3n) is 4.09. The first-order valence-electron chi connectivity index (χ1n) is 7.90. The molecule has 0 aromatic heterocycles. The highest BCUT2D eigenvalue weighted by Gasteiger charge is 2.22. The van der Waals surface area contributed by atoms with Crippen molar-refractivity contribution in [3.63, 3.8) is 0 Å². The second-order valence-electron chi connectivity index (χ2n) is 5.86. The number of carbonyl (C=O) groups is 1. The second-order valence-corrected chi connectivity index (χ2v) is 5.86. The van der Waals surface area contributed by atoms with Gasteiger partial charge in [-0.1, -0.05) is 19.4 Å². The Hall–Kier alpha value is -1.42. The Morgan fingerprint density at radius 3 is 2.90 bits per heavy atom. The van der Waals surface area contributed by atoms with Crippen molar-refractivity contribution in [1.29, 1.82) is 0 Å². The van der Waals surface area contributed by atoms with Gasteiger partial charge in [0.1, 0.15) is 5.82 Å². The first-order chi connectivity index (χ1) is 10.1. The maximum absolute atomic E-state index is 13.7. The van der Waals surface area contributed by atoms with E-state index in [1.807, 2.05) is 4.90 Å². The van der Waals surface area contributed by atoms with Crippen molar-refractivity contribution in [2.24, 2.45) is 0 Å². The Morgan fingerprint density at radius 2 is 2.29 bits per heavy atom. The fourth-order valence-electron chi connectivity index (χ4n) is 2.71. The van der Waals surface area contributed by atoms with Crippen LogP contribution in [0.3, 0.4) is 0 Å². The van der Waals surface area contributed by atoms with Crippen LogP contribution < -0.4 is 5.32 Å². The van der Waals surface area contributed by atoms with E-state index in [1.54, 1.807) is 19.1 Å². The molecule has 1 aromatic rings. The van der Waals surface area contributed by atoms with Gasteiger partial charge < -0.3 is 10.2 Å². The van der Waals surface area contributed by atoms with Crippen LogP contribution >= 0.6 is 0 Å². The molecule has 1 aliphatic heterocycles. The lowest BCUT2D eigenvalue weighted by atomic mass is 10.1. The van der Waals surface area contributed by atoms with Crippen molar-refractivity contribution in [2.45, 2.75) is 45.6 Å². The summed E-state index contributed by atoms with van der Waals surface area (Å²) in [4.78, 5) is 14.5. The van der Waals surface area contributed by atoms with Gasteiger partial charge in [-0.2, -0.15) is 0 Å². The third kappa shape index (κ3) is 4.27. The third-order valence-corrected chi connectivity index (χ3v) is 4.09. The molecule has 21 heavy (non-hydrogen) atoms. The van der Waals surface area contributed by atoms with Crippen molar-refractivity contribution in [1.82, 2.24) is 10.2 Å². The molecule has 1 heterocycles. The number of hydrogen-bond acceptors (Lipinski definition) is 2. The topological polar surface area (TPSA) is 32.3 Å². The zero-order valence-corrected chi connectivity index (χ0v) is 13.0. The first-order valence-corrected chi connectivity index (χ1v) is 7.90. The summed E-state index contributed by atoms with van der Waals surface area (Å²) >= 11 is 0. The van der Waals surface area contributed by atoms with Crippen LogP contribution in [0, 0.1) is 12.7 Å². The molecular formula is C17H25FN2O. The Labute approximate surface area is 126 Å². The summed E-state index contributed by atoms with van der Waals surface area (Å²) in [6, 6.07) is 5.13. The van der Waals surface area contributed by atoms with E-state index >= 15 is 0 Å². The van der Waals surface area contributed by atoms with Crippen LogP contribution in [0.5, 0.6) is 0 Å². The number of aryl methyl sites for hydroxylation is 1. The molecule has 1 amide bonds. The van der Waals surface area contributed by atoms with E-state index in [4.69, 9.17) is 0 Å². The lowest BCUT2D eigenvalue weighted by Crippen LogP contribution is -2.41. The Bertz CT molecular complexity index is 484. The quantitative estimate of drug-likeness (QED) is 0.873. The van der Waals surface area contributed by atoms with Gasteiger partial charge >= 0.3 is 0 Å². The molecule has 1 unspecified atom stereocenters. The smallest absolute Gasteiger partial charge is 0.254 e. The molecule has 0 spiro atoms. The fraction of sp³-hybridized carbons (Fsp3) is 0.588.